The first-order chi connectivity index (χ1) is 18.0. The maximum absolute atomic E-state index is 12.6. The van der Waals surface area contributed by atoms with Crippen LogP contribution in [0.2, 0.25) is 0 Å². The third-order valence-electron chi connectivity index (χ3n) is 5.08. The predicted molar refractivity (Wildman–Crippen MR) is 139 cm³/mol. The summed E-state index contributed by atoms with van der Waals surface area (Å²) in [5.74, 6) is 1.30. The van der Waals surface area contributed by atoms with Crippen molar-refractivity contribution in [3.63, 3.8) is 0 Å². The lowest BCUT2D eigenvalue weighted by Crippen LogP contribution is -2.24. The molecule has 0 aromatic heterocycles. The minimum atomic E-state index is -0.526. The Morgan fingerprint density at radius 2 is 1.59 bits per heavy atom. The second kappa shape index (κ2) is 14.1. The first-order valence-electron chi connectivity index (χ1n) is 11.7. The normalized spacial score (nSPS) is 10.6. The van der Waals surface area contributed by atoms with Gasteiger partial charge in [-0.15, -0.1) is 0 Å². The fourth-order valence-corrected chi connectivity index (χ4v) is 3.12. The lowest BCUT2D eigenvalue weighted by Gasteiger charge is -2.11. The average molecular weight is 507 g/mol. The quantitative estimate of drug-likeness (QED) is 0.118. The van der Waals surface area contributed by atoms with Crippen LogP contribution in [-0.4, -0.2) is 45.5 Å². The van der Waals surface area contributed by atoms with Crippen LogP contribution in [0.5, 0.6) is 28.7 Å². The molecule has 0 aliphatic heterocycles. The molecule has 0 saturated heterocycles. The van der Waals surface area contributed by atoms with Crippen LogP contribution in [0.4, 0.5) is 0 Å². The number of para-hydroxylation sites is 2. The van der Waals surface area contributed by atoms with Crippen LogP contribution in [0.1, 0.15) is 35.7 Å². The summed E-state index contributed by atoms with van der Waals surface area (Å²) in [4.78, 5) is 24.6. The highest BCUT2D eigenvalue weighted by molar-refractivity contribution is 5.92. The molecule has 0 bridgehead atoms. The van der Waals surface area contributed by atoms with Gasteiger partial charge in [0.15, 0.2) is 29.6 Å². The topological polar surface area (TPSA) is 105 Å². The Bertz CT molecular complexity index is 1210. The Balaban J connectivity index is 1.54. The molecule has 0 spiro atoms. The van der Waals surface area contributed by atoms with Gasteiger partial charge in [0.05, 0.1) is 32.6 Å². The Morgan fingerprint density at radius 3 is 2.30 bits per heavy atom. The van der Waals surface area contributed by atoms with Gasteiger partial charge in [-0.1, -0.05) is 25.5 Å². The number of unbranched alkanes of at least 4 members (excludes halogenated alkanes) is 1. The summed E-state index contributed by atoms with van der Waals surface area (Å²) in [6.45, 7) is 2.49. The molecule has 3 aromatic rings. The van der Waals surface area contributed by atoms with Gasteiger partial charge >= 0.3 is 5.97 Å². The zero-order valence-electron chi connectivity index (χ0n) is 21.1. The second-order valence-corrected chi connectivity index (χ2v) is 7.76. The van der Waals surface area contributed by atoms with E-state index in [2.05, 4.69) is 17.5 Å². The molecule has 1 amide bonds. The van der Waals surface area contributed by atoms with E-state index in [9.17, 15) is 9.59 Å². The van der Waals surface area contributed by atoms with Crippen LogP contribution in [0.3, 0.4) is 0 Å². The number of hydrogen-bond acceptors (Lipinski definition) is 8. The smallest absolute Gasteiger partial charge is 0.343 e. The number of hydrazone groups is 1. The van der Waals surface area contributed by atoms with E-state index in [1.54, 1.807) is 66.7 Å². The highest BCUT2D eigenvalue weighted by Gasteiger charge is 2.13. The number of hydrogen-bond donors (Lipinski definition) is 1. The molecule has 37 heavy (non-hydrogen) atoms. The Morgan fingerprint density at radius 1 is 0.865 bits per heavy atom. The van der Waals surface area contributed by atoms with E-state index in [0.717, 1.165) is 12.8 Å². The van der Waals surface area contributed by atoms with Crippen molar-refractivity contribution in [2.24, 2.45) is 5.10 Å². The van der Waals surface area contributed by atoms with E-state index in [1.807, 2.05) is 0 Å². The minimum absolute atomic E-state index is 0.234. The largest absolute Gasteiger partial charge is 0.494 e. The molecule has 0 saturated carbocycles. The van der Waals surface area contributed by atoms with Gasteiger partial charge in [0.2, 0.25) is 0 Å². The van der Waals surface area contributed by atoms with Gasteiger partial charge < -0.3 is 23.7 Å². The van der Waals surface area contributed by atoms with E-state index < -0.39 is 11.9 Å². The molecule has 0 unspecified atom stereocenters. The van der Waals surface area contributed by atoms with Crippen molar-refractivity contribution >= 4 is 18.1 Å². The number of methoxy groups -OCH3 is 2. The number of carbonyl (C=O) groups is 2. The van der Waals surface area contributed by atoms with Crippen molar-refractivity contribution < 1.29 is 33.3 Å². The molecule has 1 N–H and O–H groups in total. The van der Waals surface area contributed by atoms with Crippen molar-refractivity contribution in [3.8, 4) is 28.7 Å². The molecule has 3 aromatic carbocycles. The summed E-state index contributed by atoms with van der Waals surface area (Å²) in [5, 5.41) is 3.93. The summed E-state index contributed by atoms with van der Waals surface area (Å²) in [6, 6.07) is 18.7. The van der Waals surface area contributed by atoms with Gasteiger partial charge in [0.25, 0.3) is 5.91 Å². The first-order valence-corrected chi connectivity index (χ1v) is 11.7. The lowest BCUT2D eigenvalue weighted by molar-refractivity contribution is -0.123. The number of carbonyl (C=O) groups excluding carboxylic acids is 2. The number of ether oxygens (including phenoxy) is 5. The maximum atomic E-state index is 12.6. The number of nitrogens with one attached hydrogen (secondary N) is 1. The number of nitrogens with zero attached hydrogens (tertiary/aromatic N) is 1. The third kappa shape index (κ3) is 8.28. The molecular weight excluding hydrogens is 476 g/mol. The van der Waals surface area contributed by atoms with E-state index in [0.29, 0.717) is 40.7 Å². The zero-order valence-corrected chi connectivity index (χ0v) is 21.1. The van der Waals surface area contributed by atoms with Gasteiger partial charge in [0, 0.05) is 0 Å². The number of amides is 1. The fourth-order valence-electron chi connectivity index (χ4n) is 3.12. The van der Waals surface area contributed by atoms with Crippen molar-refractivity contribution in [1.82, 2.24) is 5.43 Å². The number of esters is 1. The van der Waals surface area contributed by atoms with Crippen LogP contribution in [0, 0.1) is 0 Å². The predicted octanol–water partition coefficient (Wildman–Crippen LogP) is 4.63. The van der Waals surface area contributed by atoms with Gasteiger partial charge in [-0.05, 0) is 66.6 Å². The average Bonchev–Trinajstić information content (AvgIpc) is 2.93. The standard InChI is InChI=1S/C28H30N2O7/c1-4-5-16-35-22-13-11-21(12-14-22)28(32)37-25-15-10-20(17-26(25)34-3)18-29-30-27(31)19-36-24-9-7-6-8-23(24)33-2/h6-15,17-18H,4-5,16,19H2,1-3H3,(H,30,31)/b29-18+. The number of rotatable bonds is 13. The molecule has 0 aliphatic carbocycles. The van der Waals surface area contributed by atoms with Crippen LogP contribution in [0.25, 0.3) is 0 Å². The van der Waals surface area contributed by atoms with E-state index >= 15 is 0 Å². The molecule has 9 nitrogen and oxygen atoms in total. The lowest BCUT2D eigenvalue weighted by atomic mass is 10.2. The summed E-state index contributed by atoms with van der Waals surface area (Å²) in [7, 11) is 2.99. The molecule has 0 aliphatic rings. The SMILES string of the molecule is CCCCOc1ccc(C(=O)Oc2ccc(/C=N/NC(=O)COc3ccccc3OC)cc2OC)cc1. The molecule has 0 radical (unpaired) electrons. The van der Waals surface area contributed by atoms with E-state index in [-0.39, 0.29) is 12.4 Å². The van der Waals surface area contributed by atoms with E-state index in [1.165, 1.54) is 20.4 Å². The van der Waals surface area contributed by atoms with E-state index in [4.69, 9.17) is 23.7 Å². The fraction of sp³-hybridized carbons (Fsp3) is 0.250. The zero-order chi connectivity index (χ0) is 26.5. The summed E-state index contributed by atoms with van der Waals surface area (Å²) >= 11 is 0. The Hall–Kier alpha value is -4.53. The van der Waals surface area contributed by atoms with Gasteiger partial charge in [-0.2, -0.15) is 5.10 Å². The first kappa shape index (κ1) is 27.1. The summed E-state index contributed by atoms with van der Waals surface area (Å²) in [5.41, 5.74) is 3.40. The van der Waals surface area contributed by atoms with Gasteiger partial charge in [-0.3, -0.25) is 4.79 Å². The summed E-state index contributed by atoms with van der Waals surface area (Å²) in [6.07, 6.45) is 3.45. The highest BCUT2D eigenvalue weighted by Crippen LogP contribution is 2.29. The van der Waals surface area contributed by atoms with Crippen molar-refractivity contribution in [2.45, 2.75) is 19.8 Å². The van der Waals surface area contributed by atoms with Crippen LogP contribution in [0.15, 0.2) is 71.8 Å². The molecule has 3 rings (SSSR count). The van der Waals surface area contributed by atoms with Gasteiger partial charge in [-0.25, -0.2) is 10.2 Å². The third-order valence-corrected chi connectivity index (χ3v) is 5.08. The minimum Gasteiger partial charge on any atom is -0.494 e. The molecule has 194 valence electrons. The van der Waals surface area contributed by atoms with Crippen molar-refractivity contribution in [2.75, 3.05) is 27.4 Å². The van der Waals surface area contributed by atoms with Gasteiger partial charge in [0.1, 0.15) is 5.75 Å². The highest BCUT2D eigenvalue weighted by atomic mass is 16.6. The van der Waals surface area contributed by atoms with Crippen LogP contribution >= 0.6 is 0 Å². The second-order valence-electron chi connectivity index (χ2n) is 7.76. The molecular formula is C28H30N2O7. The Kier molecular flexibility index (Phi) is 10.3. The molecule has 0 heterocycles. The van der Waals surface area contributed by atoms with Crippen molar-refractivity contribution in [3.05, 3.63) is 77.9 Å². The summed E-state index contributed by atoms with van der Waals surface area (Å²) < 4.78 is 27.1. The molecule has 0 fully saturated rings. The monoisotopic (exact) mass is 506 g/mol. The molecule has 9 heteroatoms. The maximum Gasteiger partial charge on any atom is 0.343 e. The number of benzene rings is 3. The van der Waals surface area contributed by atoms with Crippen molar-refractivity contribution in [1.29, 1.82) is 0 Å². The van der Waals surface area contributed by atoms with Crippen LogP contribution < -0.4 is 29.1 Å². The van der Waals surface area contributed by atoms with Crippen LogP contribution in [-0.2, 0) is 4.79 Å². The Labute approximate surface area is 216 Å². The molecule has 0 atom stereocenters.